The molecule has 2 aromatic carbocycles. The van der Waals surface area contributed by atoms with Crippen molar-refractivity contribution in [2.75, 3.05) is 11.8 Å². The Labute approximate surface area is 121 Å². The van der Waals surface area contributed by atoms with E-state index in [0.717, 1.165) is 0 Å². The predicted molar refractivity (Wildman–Crippen MR) is 76.9 cm³/mol. The number of hydrogen-bond donors (Lipinski definition) is 2. The second-order valence-corrected chi connectivity index (χ2v) is 6.06. The molecule has 0 aliphatic rings. The Morgan fingerprint density at radius 1 is 1.15 bits per heavy atom. The Hall–Kier alpha value is -1.92. The number of rotatable bonds is 4. The molecule has 2 rings (SSSR count). The predicted octanol–water partition coefficient (Wildman–Crippen LogP) is 2.86. The minimum atomic E-state index is -3.80. The monoisotopic (exact) mass is 313 g/mol. The van der Waals surface area contributed by atoms with E-state index in [2.05, 4.69) is 4.72 Å². The van der Waals surface area contributed by atoms with Crippen LogP contribution in [-0.4, -0.2) is 20.6 Å². The summed E-state index contributed by atoms with van der Waals surface area (Å²) in [6, 6.07) is 9.98. The van der Waals surface area contributed by atoms with Crippen molar-refractivity contribution in [3.8, 4) is 11.5 Å². The number of methoxy groups -OCH3 is 1. The number of benzene rings is 2. The molecule has 0 radical (unpaired) electrons. The molecule has 20 heavy (non-hydrogen) atoms. The molecule has 0 heterocycles. The molecule has 0 aromatic heterocycles. The zero-order chi connectivity index (χ0) is 14.8. The Morgan fingerprint density at radius 3 is 2.40 bits per heavy atom. The SMILES string of the molecule is COc1ccc(S(=O)(=O)Nc2cc(Cl)ccc2O)cc1. The van der Waals surface area contributed by atoms with Crippen LogP contribution in [0.15, 0.2) is 47.4 Å². The van der Waals surface area contributed by atoms with Gasteiger partial charge in [0.25, 0.3) is 10.0 Å². The lowest BCUT2D eigenvalue weighted by Crippen LogP contribution is -2.13. The maximum atomic E-state index is 12.2. The van der Waals surface area contributed by atoms with Gasteiger partial charge in [-0.25, -0.2) is 8.42 Å². The van der Waals surface area contributed by atoms with E-state index in [1.54, 1.807) is 0 Å². The van der Waals surface area contributed by atoms with Crippen molar-refractivity contribution >= 4 is 27.3 Å². The first-order valence-corrected chi connectivity index (χ1v) is 7.44. The van der Waals surface area contributed by atoms with Crippen LogP contribution in [0, 0.1) is 0 Å². The van der Waals surface area contributed by atoms with Gasteiger partial charge < -0.3 is 9.84 Å². The summed E-state index contributed by atoms with van der Waals surface area (Å²) < 4.78 is 31.6. The van der Waals surface area contributed by atoms with Crippen LogP contribution >= 0.6 is 11.6 Å². The van der Waals surface area contributed by atoms with Crippen LogP contribution in [-0.2, 0) is 10.0 Å². The zero-order valence-corrected chi connectivity index (χ0v) is 12.1. The largest absolute Gasteiger partial charge is 0.506 e. The van der Waals surface area contributed by atoms with E-state index in [-0.39, 0.29) is 16.3 Å². The number of nitrogens with one attached hydrogen (secondary N) is 1. The summed E-state index contributed by atoms with van der Waals surface area (Å²) in [6.07, 6.45) is 0. The van der Waals surface area contributed by atoms with Gasteiger partial charge in [0.1, 0.15) is 11.5 Å². The molecular formula is C13H12ClNO4S. The Kier molecular flexibility index (Phi) is 4.06. The maximum absolute atomic E-state index is 12.2. The first-order chi connectivity index (χ1) is 9.42. The molecule has 0 aliphatic heterocycles. The molecule has 0 amide bonds. The normalized spacial score (nSPS) is 11.1. The smallest absolute Gasteiger partial charge is 0.262 e. The first-order valence-electron chi connectivity index (χ1n) is 5.58. The summed E-state index contributed by atoms with van der Waals surface area (Å²) >= 11 is 5.77. The number of aromatic hydroxyl groups is 1. The van der Waals surface area contributed by atoms with Crippen molar-refractivity contribution in [2.45, 2.75) is 4.90 Å². The molecule has 0 atom stereocenters. The number of anilines is 1. The molecule has 0 saturated heterocycles. The minimum Gasteiger partial charge on any atom is -0.506 e. The molecule has 0 fully saturated rings. The van der Waals surface area contributed by atoms with Crippen LogP contribution in [0.25, 0.3) is 0 Å². The highest BCUT2D eigenvalue weighted by Crippen LogP contribution is 2.29. The quantitative estimate of drug-likeness (QED) is 0.851. The lowest BCUT2D eigenvalue weighted by molar-refractivity contribution is 0.414. The topological polar surface area (TPSA) is 75.6 Å². The molecule has 0 saturated carbocycles. The lowest BCUT2D eigenvalue weighted by atomic mass is 10.3. The Bertz CT molecular complexity index is 714. The van der Waals surface area contributed by atoms with Gasteiger partial charge in [-0.15, -0.1) is 0 Å². The fourth-order valence-electron chi connectivity index (χ4n) is 1.55. The summed E-state index contributed by atoms with van der Waals surface area (Å²) in [7, 11) is -2.31. The summed E-state index contributed by atoms with van der Waals surface area (Å²) in [5.74, 6) is 0.348. The molecule has 0 unspecified atom stereocenters. The number of sulfonamides is 1. The van der Waals surface area contributed by atoms with Gasteiger partial charge in [0.05, 0.1) is 17.7 Å². The number of phenolic OH excluding ortho intramolecular Hbond substituents is 1. The van der Waals surface area contributed by atoms with Crippen molar-refractivity contribution in [3.05, 3.63) is 47.5 Å². The van der Waals surface area contributed by atoms with E-state index in [1.807, 2.05) is 0 Å². The van der Waals surface area contributed by atoms with Gasteiger partial charge in [0, 0.05) is 5.02 Å². The summed E-state index contributed by atoms with van der Waals surface area (Å²) in [5, 5.41) is 9.94. The third-order valence-corrected chi connectivity index (χ3v) is 4.19. The number of halogens is 1. The molecule has 0 aliphatic carbocycles. The van der Waals surface area contributed by atoms with Crippen LogP contribution < -0.4 is 9.46 Å². The second kappa shape index (κ2) is 5.60. The van der Waals surface area contributed by atoms with E-state index in [0.29, 0.717) is 10.8 Å². The molecule has 2 N–H and O–H groups in total. The number of phenols is 1. The highest BCUT2D eigenvalue weighted by Gasteiger charge is 2.16. The molecule has 0 spiro atoms. The summed E-state index contributed by atoms with van der Waals surface area (Å²) in [4.78, 5) is 0.0534. The van der Waals surface area contributed by atoms with Crippen molar-refractivity contribution in [1.29, 1.82) is 0 Å². The van der Waals surface area contributed by atoms with Gasteiger partial charge >= 0.3 is 0 Å². The van der Waals surface area contributed by atoms with Crippen LogP contribution in [0.2, 0.25) is 5.02 Å². The molecule has 106 valence electrons. The third-order valence-electron chi connectivity index (χ3n) is 2.57. The average molecular weight is 314 g/mol. The van der Waals surface area contributed by atoms with E-state index < -0.39 is 10.0 Å². The highest BCUT2D eigenvalue weighted by molar-refractivity contribution is 7.92. The Balaban J connectivity index is 2.32. The molecule has 7 heteroatoms. The third kappa shape index (κ3) is 3.15. The van der Waals surface area contributed by atoms with Crippen molar-refractivity contribution in [3.63, 3.8) is 0 Å². The van der Waals surface area contributed by atoms with E-state index >= 15 is 0 Å². The van der Waals surface area contributed by atoms with Crippen molar-refractivity contribution < 1.29 is 18.3 Å². The maximum Gasteiger partial charge on any atom is 0.262 e. The lowest BCUT2D eigenvalue weighted by Gasteiger charge is -2.10. The van der Waals surface area contributed by atoms with Crippen LogP contribution in [0.3, 0.4) is 0 Å². The van der Waals surface area contributed by atoms with E-state index in [4.69, 9.17) is 16.3 Å². The molecule has 2 aromatic rings. The van der Waals surface area contributed by atoms with Gasteiger partial charge in [-0.2, -0.15) is 0 Å². The fourth-order valence-corrected chi connectivity index (χ4v) is 2.79. The second-order valence-electron chi connectivity index (χ2n) is 3.94. The van der Waals surface area contributed by atoms with E-state index in [1.165, 1.54) is 49.6 Å². The fraction of sp³-hybridized carbons (Fsp3) is 0.0769. The zero-order valence-electron chi connectivity index (χ0n) is 10.5. The Morgan fingerprint density at radius 2 is 1.80 bits per heavy atom. The molecular weight excluding hydrogens is 302 g/mol. The van der Waals surface area contributed by atoms with Gasteiger partial charge in [0.15, 0.2) is 0 Å². The molecule has 5 nitrogen and oxygen atoms in total. The molecule has 0 bridgehead atoms. The van der Waals surface area contributed by atoms with Gasteiger partial charge in [-0.3, -0.25) is 4.72 Å². The van der Waals surface area contributed by atoms with Gasteiger partial charge in [0.2, 0.25) is 0 Å². The number of hydrogen-bond acceptors (Lipinski definition) is 4. The highest BCUT2D eigenvalue weighted by atomic mass is 35.5. The van der Waals surface area contributed by atoms with Crippen LogP contribution in [0.4, 0.5) is 5.69 Å². The number of ether oxygens (including phenoxy) is 1. The van der Waals surface area contributed by atoms with Crippen LogP contribution in [0.5, 0.6) is 11.5 Å². The average Bonchev–Trinajstić information content (AvgIpc) is 2.43. The van der Waals surface area contributed by atoms with Gasteiger partial charge in [-0.1, -0.05) is 11.6 Å². The summed E-state index contributed by atoms with van der Waals surface area (Å²) in [6.45, 7) is 0. The van der Waals surface area contributed by atoms with Crippen LogP contribution in [0.1, 0.15) is 0 Å². The van der Waals surface area contributed by atoms with Gasteiger partial charge in [-0.05, 0) is 42.5 Å². The van der Waals surface area contributed by atoms with Crippen molar-refractivity contribution in [1.82, 2.24) is 0 Å². The minimum absolute atomic E-state index is 0.0216. The van der Waals surface area contributed by atoms with E-state index in [9.17, 15) is 13.5 Å². The summed E-state index contributed by atoms with van der Waals surface area (Å²) in [5.41, 5.74) is 0.0216. The standard InChI is InChI=1S/C13H12ClNO4S/c1-19-10-3-5-11(6-4-10)20(17,18)15-12-8-9(14)2-7-13(12)16/h2-8,15-16H,1H3. The van der Waals surface area contributed by atoms with Crippen molar-refractivity contribution in [2.24, 2.45) is 0 Å². The first kappa shape index (κ1) is 14.5.